The third-order valence-electron chi connectivity index (χ3n) is 5.15. The lowest BCUT2D eigenvalue weighted by molar-refractivity contribution is -0.117. The highest BCUT2D eigenvalue weighted by atomic mass is 35.5. The Labute approximate surface area is 161 Å². The Morgan fingerprint density at radius 2 is 1.69 bits per heavy atom. The Morgan fingerprint density at radius 3 is 2.31 bits per heavy atom. The maximum absolute atomic E-state index is 12.4. The number of amides is 1. The van der Waals surface area contributed by atoms with Crippen molar-refractivity contribution in [1.29, 1.82) is 0 Å². The molecule has 1 amide bonds. The Balaban J connectivity index is 1.61. The van der Waals surface area contributed by atoms with Crippen LogP contribution in [0.5, 0.6) is 0 Å². The van der Waals surface area contributed by atoms with Crippen LogP contribution in [0.15, 0.2) is 36.4 Å². The van der Waals surface area contributed by atoms with Crippen LogP contribution in [0.2, 0.25) is 5.02 Å². The highest BCUT2D eigenvalue weighted by Crippen LogP contribution is 2.29. The van der Waals surface area contributed by atoms with Crippen LogP contribution < -0.4 is 10.6 Å². The molecular formula is C22H27ClN2O. The smallest absolute Gasteiger partial charge is 0.224 e. The van der Waals surface area contributed by atoms with E-state index in [0.29, 0.717) is 12.3 Å². The number of anilines is 2. The van der Waals surface area contributed by atoms with Crippen molar-refractivity contribution in [1.82, 2.24) is 0 Å². The summed E-state index contributed by atoms with van der Waals surface area (Å²) >= 11 is 5.92. The van der Waals surface area contributed by atoms with E-state index in [1.807, 2.05) is 24.3 Å². The number of carbonyl (C=O) groups excluding carboxylic acids is 1. The number of hydrogen-bond donors (Lipinski definition) is 2. The van der Waals surface area contributed by atoms with Gasteiger partial charge < -0.3 is 10.6 Å². The molecule has 3 nitrogen and oxygen atoms in total. The Kier molecular flexibility index (Phi) is 6.20. The molecule has 0 radical (unpaired) electrons. The normalized spacial score (nSPS) is 14.4. The van der Waals surface area contributed by atoms with Gasteiger partial charge in [0.05, 0.1) is 0 Å². The monoisotopic (exact) mass is 370 g/mol. The van der Waals surface area contributed by atoms with E-state index in [0.717, 1.165) is 34.1 Å². The number of hydrogen-bond acceptors (Lipinski definition) is 2. The number of carbonyl (C=O) groups is 1. The van der Waals surface area contributed by atoms with Crippen LogP contribution in [-0.2, 0) is 11.3 Å². The van der Waals surface area contributed by atoms with E-state index in [9.17, 15) is 4.79 Å². The standard InChI is InChI=1S/C22H27ClN2O/c1-15-11-18(14-24-20-9-7-19(23)8-10-20)12-16(2)22(15)25-21(26)13-17-5-3-4-6-17/h7-12,17,24H,3-6,13-14H2,1-2H3,(H,25,26). The second-order valence-electron chi connectivity index (χ2n) is 7.37. The number of aryl methyl sites for hydroxylation is 2. The zero-order valence-corrected chi connectivity index (χ0v) is 16.3. The van der Waals surface area contributed by atoms with Gasteiger partial charge in [-0.1, -0.05) is 36.6 Å². The molecule has 138 valence electrons. The van der Waals surface area contributed by atoms with Gasteiger partial charge in [0.1, 0.15) is 0 Å². The molecule has 1 aliphatic carbocycles. The van der Waals surface area contributed by atoms with Crippen LogP contribution in [0, 0.1) is 19.8 Å². The number of nitrogens with one attached hydrogen (secondary N) is 2. The molecule has 0 atom stereocenters. The molecule has 2 N–H and O–H groups in total. The summed E-state index contributed by atoms with van der Waals surface area (Å²) in [4.78, 5) is 12.4. The van der Waals surface area contributed by atoms with Crippen LogP contribution in [0.25, 0.3) is 0 Å². The maximum Gasteiger partial charge on any atom is 0.224 e. The number of halogens is 1. The SMILES string of the molecule is Cc1cc(CNc2ccc(Cl)cc2)cc(C)c1NC(=O)CC1CCCC1. The fourth-order valence-corrected chi connectivity index (χ4v) is 3.92. The van der Waals surface area contributed by atoms with Crippen LogP contribution in [0.3, 0.4) is 0 Å². The van der Waals surface area contributed by atoms with Crippen molar-refractivity contribution in [3.8, 4) is 0 Å². The van der Waals surface area contributed by atoms with E-state index < -0.39 is 0 Å². The van der Waals surface area contributed by atoms with Crippen LogP contribution >= 0.6 is 11.6 Å². The van der Waals surface area contributed by atoms with Gasteiger partial charge in [0.15, 0.2) is 0 Å². The molecule has 0 unspecified atom stereocenters. The first kappa shape index (κ1) is 18.8. The summed E-state index contributed by atoms with van der Waals surface area (Å²) in [5.41, 5.74) is 5.42. The molecule has 26 heavy (non-hydrogen) atoms. The molecule has 0 bridgehead atoms. The van der Waals surface area contributed by atoms with Gasteiger partial charge in [0, 0.05) is 29.4 Å². The minimum Gasteiger partial charge on any atom is -0.381 e. The highest BCUT2D eigenvalue weighted by molar-refractivity contribution is 6.30. The van der Waals surface area contributed by atoms with Crippen molar-refractivity contribution in [2.45, 2.75) is 52.5 Å². The molecule has 1 saturated carbocycles. The van der Waals surface area contributed by atoms with E-state index in [1.165, 1.54) is 31.2 Å². The number of benzene rings is 2. The summed E-state index contributed by atoms with van der Waals surface area (Å²) in [5, 5.41) is 7.28. The highest BCUT2D eigenvalue weighted by Gasteiger charge is 2.19. The first-order chi connectivity index (χ1) is 12.5. The van der Waals surface area contributed by atoms with Gasteiger partial charge in [-0.2, -0.15) is 0 Å². The topological polar surface area (TPSA) is 41.1 Å². The average Bonchev–Trinajstić information content (AvgIpc) is 3.10. The van der Waals surface area contributed by atoms with Gasteiger partial charge in [-0.3, -0.25) is 4.79 Å². The fourth-order valence-electron chi connectivity index (χ4n) is 3.79. The molecule has 0 saturated heterocycles. The lowest BCUT2D eigenvalue weighted by Crippen LogP contribution is -2.17. The van der Waals surface area contributed by atoms with Gasteiger partial charge in [-0.05, 0) is 73.6 Å². The molecule has 2 aromatic rings. The lowest BCUT2D eigenvalue weighted by atomic mass is 10.0. The van der Waals surface area contributed by atoms with Crippen molar-refractivity contribution in [2.75, 3.05) is 10.6 Å². The van der Waals surface area contributed by atoms with Crippen molar-refractivity contribution in [3.05, 3.63) is 58.1 Å². The third-order valence-corrected chi connectivity index (χ3v) is 5.40. The van der Waals surface area contributed by atoms with Gasteiger partial charge >= 0.3 is 0 Å². The summed E-state index contributed by atoms with van der Waals surface area (Å²) in [7, 11) is 0. The largest absolute Gasteiger partial charge is 0.381 e. The molecule has 3 rings (SSSR count). The van der Waals surface area contributed by atoms with Gasteiger partial charge in [-0.15, -0.1) is 0 Å². The molecule has 2 aromatic carbocycles. The predicted molar refractivity (Wildman–Crippen MR) is 110 cm³/mol. The average molecular weight is 371 g/mol. The second kappa shape index (κ2) is 8.59. The van der Waals surface area contributed by atoms with E-state index in [1.54, 1.807) is 0 Å². The Hall–Kier alpha value is -2.00. The van der Waals surface area contributed by atoms with Gasteiger partial charge in [-0.25, -0.2) is 0 Å². The van der Waals surface area contributed by atoms with E-state index in [2.05, 4.69) is 36.6 Å². The zero-order valence-electron chi connectivity index (χ0n) is 15.6. The molecule has 0 aliphatic heterocycles. The van der Waals surface area contributed by atoms with Gasteiger partial charge in [0.25, 0.3) is 0 Å². The summed E-state index contributed by atoms with van der Waals surface area (Å²) in [6.07, 6.45) is 5.58. The Morgan fingerprint density at radius 1 is 1.08 bits per heavy atom. The molecular weight excluding hydrogens is 344 g/mol. The van der Waals surface area contributed by atoms with E-state index in [4.69, 9.17) is 11.6 Å². The summed E-state index contributed by atoms with van der Waals surface area (Å²) in [6, 6.07) is 12.0. The predicted octanol–water partition coefficient (Wildman–Crippen LogP) is 6.09. The van der Waals surface area contributed by atoms with Crippen molar-refractivity contribution in [3.63, 3.8) is 0 Å². The van der Waals surface area contributed by atoms with Crippen LogP contribution in [0.1, 0.15) is 48.8 Å². The van der Waals surface area contributed by atoms with Crippen LogP contribution in [-0.4, -0.2) is 5.91 Å². The molecule has 0 heterocycles. The first-order valence-corrected chi connectivity index (χ1v) is 9.78. The lowest BCUT2D eigenvalue weighted by Gasteiger charge is -2.16. The van der Waals surface area contributed by atoms with E-state index >= 15 is 0 Å². The zero-order chi connectivity index (χ0) is 18.5. The minimum absolute atomic E-state index is 0.148. The summed E-state index contributed by atoms with van der Waals surface area (Å²) in [6.45, 7) is 4.85. The van der Waals surface area contributed by atoms with Gasteiger partial charge in [0.2, 0.25) is 5.91 Å². The van der Waals surface area contributed by atoms with E-state index in [-0.39, 0.29) is 5.91 Å². The second-order valence-corrected chi connectivity index (χ2v) is 7.80. The molecule has 1 fully saturated rings. The summed E-state index contributed by atoms with van der Waals surface area (Å²) in [5.74, 6) is 0.716. The van der Waals surface area contributed by atoms with Crippen molar-refractivity contribution < 1.29 is 4.79 Å². The summed E-state index contributed by atoms with van der Waals surface area (Å²) < 4.78 is 0. The van der Waals surface area contributed by atoms with Crippen molar-refractivity contribution in [2.24, 2.45) is 5.92 Å². The number of rotatable bonds is 6. The molecule has 0 spiro atoms. The Bertz CT molecular complexity index is 741. The minimum atomic E-state index is 0.148. The molecule has 0 aromatic heterocycles. The third kappa shape index (κ3) is 5.01. The van der Waals surface area contributed by atoms with Crippen molar-refractivity contribution >= 4 is 28.9 Å². The fraction of sp³-hybridized carbons (Fsp3) is 0.409. The maximum atomic E-state index is 12.4. The first-order valence-electron chi connectivity index (χ1n) is 9.40. The molecule has 4 heteroatoms. The van der Waals surface area contributed by atoms with Crippen LogP contribution in [0.4, 0.5) is 11.4 Å². The molecule has 1 aliphatic rings. The quantitative estimate of drug-likeness (QED) is 0.646.